The monoisotopic (exact) mass is 247 g/mol. The van der Waals surface area contributed by atoms with E-state index in [1.165, 1.54) is 0 Å². The molecule has 0 aromatic heterocycles. The summed E-state index contributed by atoms with van der Waals surface area (Å²) < 4.78 is 0.0184. The van der Waals surface area contributed by atoms with Crippen LogP contribution in [0.25, 0.3) is 0 Å². The van der Waals surface area contributed by atoms with E-state index in [2.05, 4.69) is 0 Å². The first-order chi connectivity index (χ1) is 4.70. The third-order valence-electron chi connectivity index (χ3n) is 1.11. The number of hydrogen-bond acceptors (Lipinski definition) is 2. The van der Waals surface area contributed by atoms with Crippen molar-refractivity contribution in [3.63, 3.8) is 0 Å². The van der Waals surface area contributed by atoms with Crippen molar-refractivity contribution in [2.45, 2.75) is 0 Å². The average molecular weight is 247 g/mol. The Hall–Kier alpha value is -0.580. The van der Waals surface area contributed by atoms with Gasteiger partial charge in [-0.2, -0.15) is 0 Å². The lowest BCUT2D eigenvalue weighted by Crippen LogP contribution is -1.90. The molecule has 0 unspecified atom stereocenters. The summed E-state index contributed by atoms with van der Waals surface area (Å²) in [7, 11) is 0. The van der Waals surface area contributed by atoms with Crippen LogP contribution >= 0.6 is 22.6 Å². The largest absolute Gasteiger partial charge is 0.399 e. The van der Waals surface area contributed by atoms with Crippen LogP contribution in [-0.4, -0.2) is 3.79 Å². The molecule has 0 aliphatic carbocycles. The molecule has 0 atom stereocenters. The van der Waals surface area contributed by atoms with Gasteiger partial charge in [-0.3, -0.25) is 4.79 Å². The Morgan fingerprint density at radius 3 is 2.60 bits per heavy atom. The van der Waals surface area contributed by atoms with Crippen molar-refractivity contribution in [1.82, 2.24) is 0 Å². The minimum atomic E-state index is 0.0184. The maximum Gasteiger partial charge on any atom is 0.222 e. The lowest BCUT2D eigenvalue weighted by atomic mass is 10.2. The molecule has 1 aromatic rings. The first kappa shape index (κ1) is 7.53. The van der Waals surface area contributed by atoms with E-state index in [1.54, 1.807) is 46.9 Å². The molecule has 1 aromatic carbocycles. The minimum Gasteiger partial charge on any atom is -0.399 e. The standard InChI is InChI=1S/C7H6INO/c8-7(10)5-2-1-3-6(9)4-5/h1-4H,9H2. The molecule has 0 radical (unpaired) electrons. The Morgan fingerprint density at radius 1 is 1.50 bits per heavy atom. The number of nitrogens with two attached hydrogens (primary N) is 1. The molecule has 2 nitrogen and oxygen atoms in total. The molecule has 10 heavy (non-hydrogen) atoms. The Kier molecular flexibility index (Phi) is 2.26. The van der Waals surface area contributed by atoms with Gasteiger partial charge in [-0.05, 0) is 12.1 Å². The molecule has 0 saturated heterocycles. The normalized spacial score (nSPS) is 9.30. The van der Waals surface area contributed by atoms with E-state index in [9.17, 15) is 4.79 Å². The highest BCUT2D eigenvalue weighted by Gasteiger charge is 1.98. The number of anilines is 1. The molecule has 2 N–H and O–H groups in total. The number of carbonyl (C=O) groups is 1. The van der Waals surface area contributed by atoms with Crippen LogP contribution in [0.5, 0.6) is 0 Å². The van der Waals surface area contributed by atoms with Gasteiger partial charge in [-0.15, -0.1) is 0 Å². The van der Waals surface area contributed by atoms with Crippen molar-refractivity contribution in [3.05, 3.63) is 29.8 Å². The zero-order valence-electron chi connectivity index (χ0n) is 5.17. The van der Waals surface area contributed by atoms with Gasteiger partial charge in [-0.1, -0.05) is 12.1 Å². The smallest absolute Gasteiger partial charge is 0.222 e. The second kappa shape index (κ2) is 3.01. The van der Waals surface area contributed by atoms with E-state index in [0.29, 0.717) is 11.3 Å². The van der Waals surface area contributed by atoms with E-state index < -0.39 is 0 Å². The van der Waals surface area contributed by atoms with E-state index in [-0.39, 0.29) is 3.79 Å². The Balaban J connectivity index is 3.07. The van der Waals surface area contributed by atoms with Crippen LogP contribution in [0.15, 0.2) is 24.3 Å². The molecule has 3 heteroatoms. The summed E-state index contributed by atoms with van der Waals surface area (Å²) in [5.74, 6) is 0. The highest BCUT2D eigenvalue weighted by Crippen LogP contribution is 2.09. The molecule has 0 saturated carbocycles. The van der Waals surface area contributed by atoms with Gasteiger partial charge in [0.05, 0.1) is 0 Å². The van der Waals surface area contributed by atoms with Gasteiger partial charge in [0, 0.05) is 33.8 Å². The van der Waals surface area contributed by atoms with Gasteiger partial charge >= 0.3 is 0 Å². The fourth-order valence-corrected chi connectivity index (χ4v) is 0.996. The first-order valence-corrected chi connectivity index (χ1v) is 3.83. The van der Waals surface area contributed by atoms with Crippen molar-refractivity contribution in [2.75, 3.05) is 5.73 Å². The van der Waals surface area contributed by atoms with Crippen LogP contribution in [0.1, 0.15) is 10.4 Å². The van der Waals surface area contributed by atoms with Gasteiger partial charge in [0.2, 0.25) is 3.79 Å². The lowest BCUT2D eigenvalue weighted by molar-refractivity contribution is 0.110. The molecule has 0 bridgehead atoms. The van der Waals surface area contributed by atoms with Crippen molar-refractivity contribution >= 4 is 32.1 Å². The van der Waals surface area contributed by atoms with Gasteiger partial charge in [0.15, 0.2) is 0 Å². The zero-order valence-corrected chi connectivity index (χ0v) is 7.33. The molecular formula is C7H6INO. The molecule has 1 rings (SSSR count). The fraction of sp³-hybridized carbons (Fsp3) is 0. The van der Waals surface area contributed by atoms with Crippen LogP contribution in [0, 0.1) is 0 Å². The Labute approximate surface area is 72.6 Å². The van der Waals surface area contributed by atoms with Gasteiger partial charge in [-0.25, -0.2) is 0 Å². The fourth-order valence-electron chi connectivity index (χ4n) is 0.661. The molecular weight excluding hydrogens is 241 g/mol. The van der Waals surface area contributed by atoms with Gasteiger partial charge in [0.1, 0.15) is 0 Å². The van der Waals surface area contributed by atoms with E-state index >= 15 is 0 Å². The van der Waals surface area contributed by atoms with Crippen LogP contribution in [0.2, 0.25) is 0 Å². The first-order valence-electron chi connectivity index (χ1n) is 2.75. The summed E-state index contributed by atoms with van der Waals surface area (Å²) in [5.41, 5.74) is 6.72. The maximum atomic E-state index is 10.7. The second-order valence-electron chi connectivity index (χ2n) is 1.90. The summed E-state index contributed by atoms with van der Waals surface area (Å²) in [6.45, 7) is 0. The van der Waals surface area contributed by atoms with Gasteiger partial charge < -0.3 is 5.73 Å². The third kappa shape index (κ3) is 1.70. The van der Waals surface area contributed by atoms with E-state index in [1.807, 2.05) is 0 Å². The number of carbonyl (C=O) groups excluding carboxylic acids is 1. The van der Waals surface area contributed by atoms with Crippen LogP contribution in [0.3, 0.4) is 0 Å². The maximum absolute atomic E-state index is 10.7. The number of nitrogen functional groups attached to an aromatic ring is 1. The highest BCUT2D eigenvalue weighted by atomic mass is 127. The topological polar surface area (TPSA) is 43.1 Å². The third-order valence-corrected chi connectivity index (χ3v) is 1.74. The molecule has 0 heterocycles. The Bertz CT molecular complexity index is 260. The molecule has 0 spiro atoms. The van der Waals surface area contributed by atoms with Crippen LogP contribution in [-0.2, 0) is 0 Å². The summed E-state index contributed by atoms with van der Waals surface area (Å²) >= 11 is 1.73. The van der Waals surface area contributed by atoms with Crippen molar-refractivity contribution in [1.29, 1.82) is 0 Å². The average Bonchev–Trinajstić information content (AvgIpc) is 1.88. The quantitative estimate of drug-likeness (QED) is 0.467. The van der Waals surface area contributed by atoms with Crippen molar-refractivity contribution < 1.29 is 4.79 Å². The number of benzene rings is 1. The van der Waals surface area contributed by atoms with Crippen molar-refractivity contribution in [3.8, 4) is 0 Å². The summed E-state index contributed by atoms with van der Waals surface area (Å²) in [5, 5.41) is 0. The Morgan fingerprint density at radius 2 is 2.20 bits per heavy atom. The molecule has 52 valence electrons. The van der Waals surface area contributed by atoms with Crippen molar-refractivity contribution in [2.24, 2.45) is 0 Å². The molecule has 0 fully saturated rings. The summed E-state index contributed by atoms with van der Waals surface area (Å²) in [4.78, 5) is 10.7. The highest BCUT2D eigenvalue weighted by molar-refractivity contribution is 14.1. The second-order valence-corrected chi connectivity index (χ2v) is 2.88. The predicted molar refractivity (Wildman–Crippen MR) is 49.2 cm³/mol. The molecule has 0 aliphatic heterocycles. The minimum absolute atomic E-state index is 0.0184. The van der Waals surface area contributed by atoms with Crippen LogP contribution in [0.4, 0.5) is 5.69 Å². The number of halogens is 1. The van der Waals surface area contributed by atoms with E-state index in [0.717, 1.165) is 0 Å². The number of hydrogen-bond donors (Lipinski definition) is 1. The van der Waals surface area contributed by atoms with E-state index in [4.69, 9.17) is 5.73 Å². The molecule has 0 aliphatic rings. The zero-order chi connectivity index (χ0) is 7.56. The number of rotatable bonds is 1. The summed E-state index contributed by atoms with van der Waals surface area (Å²) in [6, 6.07) is 6.92. The van der Waals surface area contributed by atoms with Gasteiger partial charge in [0.25, 0.3) is 0 Å². The SMILES string of the molecule is Nc1cccc(C(=O)I)c1. The lowest BCUT2D eigenvalue weighted by Gasteiger charge is -1.93. The molecule has 0 amide bonds. The van der Waals surface area contributed by atoms with Crippen LogP contribution < -0.4 is 5.73 Å². The summed E-state index contributed by atoms with van der Waals surface area (Å²) in [6.07, 6.45) is 0. The predicted octanol–water partition coefficient (Wildman–Crippen LogP) is 1.84.